The van der Waals surface area contributed by atoms with Crippen molar-refractivity contribution in [2.24, 2.45) is 0 Å². The summed E-state index contributed by atoms with van der Waals surface area (Å²) in [6, 6.07) is 16.9. The molecule has 3 aromatic carbocycles. The molecule has 1 N–H and O–H groups in total. The molecular formula is C29H33F2N3O4S. The average Bonchev–Trinajstić information content (AvgIpc) is 2.93. The van der Waals surface area contributed by atoms with E-state index in [1.807, 2.05) is 13.8 Å². The van der Waals surface area contributed by atoms with E-state index in [1.54, 1.807) is 37.3 Å². The van der Waals surface area contributed by atoms with Gasteiger partial charge in [0.15, 0.2) is 0 Å². The fourth-order valence-corrected chi connectivity index (χ4v) is 5.42. The van der Waals surface area contributed by atoms with Crippen LogP contribution in [0.15, 0.2) is 83.8 Å². The van der Waals surface area contributed by atoms with Gasteiger partial charge in [0, 0.05) is 12.6 Å². The van der Waals surface area contributed by atoms with E-state index >= 15 is 0 Å². The molecule has 2 amide bonds. The van der Waals surface area contributed by atoms with Crippen molar-refractivity contribution in [3.8, 4) is 0 Å². The number of hydrogen-bond donors (Lipinski definition) is 1. The summed E-state index contributed by atoms with van der Waals surface area (Å²) >= 11 is 0. The molecule has 2 atom stereocenters. The molecule has 3 rings (SSSR count). The Balaban J connectivity index is 2.02. The molecule has 0 aliphatic heterocycles. The second kappa shape index (κ2) is 13.3. The van der Waals surface area contributed by atoms with Crippen molar-refractivity contribution in [1.29, 1.82) is 0 Å². The first-order valence-corrected chi connectivity index (χ1v) is 14.2. The Kier molecular flexibility index (Phi) is 10.2. The van der Waals surface area contributed by atoms with Crippen LogP contribution >= 0.6 is 0 Å². The standard InChI is InChI=1S/C29H33F2N3O4S/c1-4-21(3)32-29(36)27(5-2)33(19-22-11-13-23(30)14-12-22)28(35)20-34(25-9-7-6-8-10-25)39(37,38)26-17-15-24(31)16-18-26/h6-18,21,27H,4-5,19-20H2,1-3H3,(H,32,36). The van der Waals surface area contributed by atoms with Crippen LogP contribution in [-0.2, 0) is 26.2 Å². The molecule has 0 radical (unpaired) electrons. The lowest BCUT2D eigenvalue weighted by molar-refractivity contribution is -0.140. The van der Waals surface area contributed by atoms with Crippen LogP contribution in [0, 0.1) is 11.6 Å². The molecular weight excluding hydrogens is 524 g/mol. The minimum atomic E-state index is -4.28. The Morgan fingerprint density at radius 1 is 0.846 bits per heavy atom. The van der Waals surface area contributed by atoms with Crippen LogP contribution in [0.3, 0.4) is 0 Å². The van der Waals surface area contributed by atoms with Gasteiger partial charge in [0.05, 0.1) is 10.6 Å². The average molecular weight is 558 g/mol. The zero-order valence-electron chi connectivity index (χ0n) is 22.2. The number of para-hydroxylation sites is 1. The van der Waals surface area contributed by atoms with Crippen LogP contribution in [0.2, 0.25) is 0 Å². The molecule has 0 aromatic heterocycles. The van der Waals surface area contributed by atoms with Crippen LogP contribution in [0.25, 0.3) is 0 Å². The molecule has 2 unspecified atom stereocenters. The maximum Gasteiger partial charge on any atom is 0.264 e. The van der Waals surface area contributed by atoms with E-state index in [0.29, 0.717) is 12.0 Å². The van der Waals surface area contributed by atoms with Crippen LogP contribution in [0.5, 0.6) is 0 Å². The summed E-state index contributed by atoms with van der Waals surface area (Å²) in [5.41, 5.74) is 0.807. The van der Waals surface area contributed by atoms with Gasteiger partial charge >= 0.3 is 0 Å². The molecule has 208 valence electrons. The minimum absolute atomic E-state index is 0.0369. The highest BCUT2D eigenvalue weighted by Gasteiger charge is 2.34. The highest BCUT2D eigenvalue weighted by Crippen LogP contribution is 2.25. The first-order chi connectivity index (χ1) is 18.6. The zero-order chi connectivity index (χ0) is 28.6. The van der Waals surface area contributed by atoms with Gasteiger partial charge < -0.3 is 10.2 Å². The molecule has 0 saturated carbocycles. The van der Waals surface area contributed by atoms with Gasteiger partial charge in [-0.3, -0.25) is 13.9 Å². The lowest BCUT2D eigenvalue weighted by Crippen LogP contribution is -2.53. The van der Waals surface area contributed by atoms with Crippen molar-refractivity contribution in [1.82, 2.24) is 10.2 Å². The second-order valence-corrected chi connectivity index (χ2v) is 11.1. The normalized spacial score (nSPS) is 12.8. The monoisotopic (exact) mass is 557 g/mol. The van der Waals surface area contributed by atoms with Crippen molar-refractivity contribution < 1.29 is 26.8 Å². The highest BCUT2D eigenvalue weighted by atomic mass is 32.2. The SMILES string of the molecule is CCC(C)NC(=O)C(CC)N(Cc1ccc(F)cc1)C(=O)CN(c1ccccc1)S(=O)(=O)c1ccc(F)cc1. The summed E-state index contributed by atoms with van der Waals surface area (Å²) in [5.74, 6) is -2.03. The minimum Gasteiger partial charge on any atom is -0.352 e. The molecule has 39 heavy (non-hydrogen) atoms. The largest absolute Gasteiger partial charge is 0.352 e. The predicted octanol–water partition coefficient (Wildman–Crippen LogP) is 4.88. The summed E-state index contributed by atoms with van der Waals surface area (Å²) in [6.45, 7) is 4.88. The highest BCUT2D eigenvalue weighted by molar-refractivity contribution is 7.92. The Morgan fingerprint density at radius 2 is 1.41 bits per heavy atom. The van der Waals surface area contributed by atoms with Gasteiger partial charge in [0.25, 0.3) is 10.0 Å². The van der Waals surface area contributed by atoms with E-state index in [9.17, 15) is 26.8 Å². The topological polar surface area (TPSA) is 86.8 Å². The summed E-state index contributed by atoms with van der Waals surface area (Å²) < 4.78 is 55.4. The van der Waals surface area contributed by atoms with Gasteiger partial charge in [-0.1, -0.05) is 44.2 Å². The summed E-state index contributed by atoms with van der Waals surface area (Å²) in [4.78, 5) is 28.2. The van der Waals surface area contributed by atoms with Crippen LogP contribution in [0.4, 0.5) is 14.5 Å². The van der Waals surface area contributed by atoms with Crippen molar-refractivity contribution in [3.63, 3.8) is 0 Å². The molecule has 10 heteroatoms. The van der Waals surface area contributed by atoms with Gasteiger partial charge in [-0.25, -0.2) is 17.2 Å². The van der Waals surface area contributed by atoms with Crippen molar-refractivity contribution in [2.75, 3.05) is 10.8 Å². The molecule has 7 nitrogen and oxygen atoms in total. The third-order valence-electron chi connectivity index (χ3n) is 6.38. The number of carbonyl (C=O) groups excluding carboxylic acids is 2. The third-order valence-corrected chi connectivity index (χ3v) is 8.17. The van der Waals surface area contributed by atoms with Crippen LogP contribution in [0.1, 0.15) is 39.2 Å². The number of rotatable bonds is 12. The lowest BCUT2D eigenvalue weighted by Gasteiger charge is -2.33. The van der Waals surface area contributed by atoms with E-state index in [0.717, 1.165) is 28.6 Å². The van der Waals surface area contributed by atoms with Crippen molar-refractivity contribution in [3.05, 3.63) is 96.1 Å². The van der Waals surface area contributed by atoms with Crippen LogP contribution in [-0.4, -0.2) is 43.8 Å². The first kappa shape index (κ1) is 29.8. The second-order valence-electron chi connectivity index (χ2n) is 9.19. The van der Waals surface area contributed by atoms with Gasteiger partial charge in [0.2, 0.25) is 11.8 Å². The maximum atomic E-state index is 13.9. The molecule has 0 saturated heterocycles. The zero-order valence-corrected chi connectivity index (χ0v) is 23.0. The fraction of sp³-hybridized carbons (Fsp3) is 0.310. The number of benzene rings is 3. The van der Waals surface area contributed by atoms with E-state index < -0.39 is 40.2 Å². The van der Waals surface area contributed by atoms with E-state index in [4.69, 9.17) is 0 Å². The van der Waals surface area contributed by atoms with Crippen molar-refractivity contribution >= 4 is 27.5 Å². The molecule has 3 aromatic rings. The molecule has 0 aliphatic rings. The fourth-order valence-electron chi connectivity index (χ4n) is 4.00. The summed E-state index contributed by atoms with van der Waals surface area (Å²) in [6.07, 6.45) is 0.955. The Labute approximate surface area is 228 Å². The van der Waals surface area contributed by atoms with Gasteiger partial charge in [-0.15, -0.1) is 0 Å². The summed E-state index contributed by atoms with van der Waals surface area (Å²) in [5, 5.41) is 2.90. The number of sulfonamides is 1. The third kappa shape index (κ3) is 7.63. The molecule has 0 heterocycles. The van der Waals surface area contributed by atoms with Crippen LogP contribution < -0.4 is 9.62 Å². The summed E-state index contributed by atoms with van der Waals surface area (Å²) in [7, 11) is -4.28. The van der Waals surface area contributed by atoms with Gasteiger partial charge in [-0.05, 0) is 73.9 Å². The lowest BCUT2D eigenvalue weighted by atomic mass is 10.1. The number of nitrogens with zero attached hydrogens (tertiary/aromatic N) is 2. The number of carbonyl (C=O) groups is 2. The Morgan fingerprint density at radius 3 is 1.95 bits per heavy atom. The molecule has 0 fully saturated rings. The number of halogens is 2. The Bertz CT molecular complexity index is 1350. The molecule has 0 bridgehead atoms. The Hall–Kier alpha value is -3.79. The van der Waals surface area contributed by atoms with E-state index in [2.05, 4.69) is 5.32 Å². The van der Waals surface area contributed by atoms with Gasteiger partial charge in [-0.2, -0.15) is 0 Å². The van der Waals surface area contributed by atoms with Crippen molar-refractivity contribution in [2.45, 2.75) is 57.1 Å². The number of nitrogens with one attached hydrogen (secondary N) is 1. The number of amides is 2. The number of hydrogen-bond acceptors (Lipinski definition) is 4. The predicted molar refractivity (Wildman–Crippen MR) is 146 cm³/mol. The molecule has 0 spiro atoms. The quantitative estimate of drug-likeness (QED) is 0.344. The number of anilines is 1. The van der Waals surface area contributed by atoms with E-state index in [-0.39, 0.29) is 35.5 Å². The smallest absolute Gasteiger partial charge is 0.264 e. The van der Waals surface area contributed by atoms with Gasteiger partial charge in [0.1, 0.15) is 24.2 Å². The maximum absolute atomic E-state index is 13.9. The molecule has 0 aliphatic carbocycles. The first-order valence-electron chi connectivity index (χ1n) is 12.7. The van der Waals surface area contributed by atoms with E-state index in [1.165, 1.54) is 29.2 Å².